The van der Waals surface area contributed by atoms with Gasteiger partial charge in [-0.2, -0.15) is 10.4 Å². The minimum Gasteiger partial charge on any atom is -0.464 e. The Hall–Kier alpha value is -3.61. The molecule has 0 aromatic carbocycles. The molecule has 0 saturated heterocycles. The quantitative estimate of drug-likeness (QED) is 0.131. The Labute approximate surface area is 274 Å². The lowest BCUT2D eigenvalue weighted by Crippen LogP contribution is -2.53. The molecule has 2 heterocycles. The van der Waals surface area contributed by atoms with Crippen LogP contribution in [0.3, 0.4) is 0 Å². The third-order valence-electron chi connectivity index (χ3n) is 7.98. The summed E-state index contributed by atoms with van der Waals surface area (Å²) in [5, 5.41) is 17.3. The number of hydrogen-bond acceptors (Lipinski definition) is 14. The monoisotopic (exact) mass is 679 g/mol. The van der Waals surface area contributed by atoms with Gasteiger partial charge < -0.3 is 34.9 Å². The number of carbonyl (C=O) groups excluding carboxylic acids is 3. The van der Waals surface area contributed by atoms with Gasteiger partial charge in [-0.1, -0.05) is 27.7 Å². The van der Waals surface area contributed by atoms with E-state index in [4.69, 9.17) is 34.9 Å². The van der Waals surface area contributed by atoms with E-state index in [1.165, 1.54) is 30.9 Å². The van der Waals surface area contributed by atoms with Gasteiger partial charge in [0, 0.05) is 13.2 Å². The molecule has 0 aliphatic heterocycles. The molecule has 2 aromatic heterocycles. The number of rotatable bonds is 16. The molecule has 17 heteroatoms. The zero-order valence-electron chi connectivity index (χ0n) is 27.6. The van der Waals surface area contributed by atoms with E-state index in [1.807, 2.05) is 6.07 Å². The maximum absolute atomic E-state index is 13.0. The lowest BCUT2D eigenvalue weighted by atomic mass is 9.87. The highest BCUT2D eigenvalue weighted by Crippen LogP contribution is 2.37. The molecule has 3 rings (SSSR count). The highest BCUT2D eigenvalue weighted by molar-refractivity contribution is 7.36. The van der Waals surface area contributed by atoms with E-state index in [-0.39, 0.29) is 30.1 Å². The van der Waals surface area contributed by atoms with Crippen molar-refractivity contribution in [2.75, 3.05) is 26.1 Å². The second-order valence-electron chi connectivity index (χ2n) is 12.3. The molecule has 5 N–H and O–H groups in total. The fraction of sp³-hybridized carbons (Fsp3) is 0.667. The van der Waals surface area contributed by atoms with Crippen molar-refractivity contribution < 1.29 is 42.4 Å². The summed E-state index contributed by atoms with van der Waals surface area (Å²) in [5.41, 5.74) is 10.3. The summed E-state index contributed by atoms with van der Waals surface area (Å²) in [6.07, 6.45) is 1.50. The zero-order valence-corrected chi connectivity index (χ0v) is 28.6. The third kappa shape index (κ3) is 9.71. The number of methoxy groups -OCH3 is 1. The maximum Gasteiger partial charge on any atom is 0.323 e. The molecule has 260 valence electrons. The van der Waals surface area contributed by atoms with Crippen LogP contribution >= 0.6 is 8.18 Å². The minimum absolute atomic E-state index is 0.123. The van der Waals surface area contributed by atoms with Crippen molar-refractivity contribution in [3.63, 3.8) is 0 Å². The average molecular weight is 680 g/mol. The van der Waals surface area contributed by atoms with Crippen LogP contribution in [0, 0.1) is 29.1 Å². The van der Waals surface area contributed by atoms with Gasteiger partial charge in [0.15, 0.2) is 18.0 Å². The molecule has 1 unspecified atom stereocenters. The van der Waals surface area contributed by atoms with E-state index in [0.29, 0.717) is 5.52 Å². The third-order valence-corrected chi connectivity index (χ3v) is 9.05. The van der Waals surface area contributed by atoms with E-state index in [2.05, 4.69) is 15.2 Å². The first-order valence-corrected chi connectivity index (χ1v) is 16.9. The van der Waals surface area contributed by atoms with Crippen LogP contribution in [0.5, 0.6) is 0 Å². The molecule has 0 amide bonds. The van der Waals surface area contributed by atoms with E-state index >= 15 is 0 Å². The smallest absolute Gasteiger partial charge is 0.323 e. The highest BCUT2D eigenvalue weighted by Gasteiger charge is 2.51. The zero-order chi connectivity index (χ0) is 34.9. The predicted octanol–water partition coefficient (Wildman–Crippen LogP) is 2.47. The Morgan fingerprint density at radius 3 is 2.32 bits per heavy atom. The highest BCUT2D eigenvalue weighted by atomic mass is 31.1. The van der Waals surface area contributed by atoms with Gasteiger partial charge in [-0.05, 0) is 50.7 Å². The Morgan fingerprint density at radius 1 is 1.09 bits per heavy atom. The van der Waals surface area contributed by atoms with Crippen LogP contribution in [0.4, 0.5) is 5.82 Å². The molecule has 47 heavy (non-hydrogen) atoms. The summed E-state index contributed by atoms with van der Waals surface area (Å²) < 4.78 is 42.7. The van der Waals surface area contributed by atoms with Gasteiger partial charge in [0.1, 0.15) is 30.6 Å². The van der Waals surface area contributed by atoms with E-state index in [0.717, 1.165) is 25.7 Å². The van der Waals surface area contributed by atoms with Crippen molar-refractivity contribution in [1.29, 1.82) is 5.26 Å². The Kier molecular flexibility index (Phi) is 13.7. The Bertz CT molecular complexity index is 1450. The first kappa shape index (κ1) is 37.8. The first-order valence-electron chi connectivity index (χ1n) is 15.5. The van der Waals surface area contributed by atoms with Crippen LogP contribution in [0.1, 0.15) is 72.1 Å². The number of nitrogens with two attached hydrogens (primary N) is 2. The molecular weight excluding hydrogens is 633 g/mol. The van der Waals surface area contributed by atoms with Gasteiger partial charge in [-0.3, -0.25) is 18.9 Å². The van der Waals surface area contributed by atoms with Crippen LogP contribution in [0.15, 0.2) is 18.5 Å². The van der Waals surface area contributed by atoms with E-state index in [1.54, 1.807) is 33.8 Å². The van der Waals surface area contributed by atoms with Gasteiger partial charge in [0.2, 0.25) is 5.60 Å². The number of aromatic nitrogens is 3. The number of nitrogens with one attached hydrogen (secondary N) is 1. The molecule has 5 atom stereocenters. The lowest BCUT2D eigenvalue weighted by Gasteiger charge is -2.37. The van der Waals surface area contributed by atoms with Gasteiger partial charge in [-0.15, -0.1) is 0 Å². The molecule has 1 fully saturated rings. The van der Waals surface area contributed by atoms with Crippen molar-refractivity contribution in [3.8, 4) is 6.07 Å². The number of ether oxygens (including phenoxy) is 4. The van der Waals surface area contributed by atoms with Crippen molar-refractivity contribution in [1.82, 2.24) is 19.7 Å². The summed E-state index contributed by atoms with van der Waals surface area (Å²) in [6.45, 7) is 7.36. The maximum atomic E-state index is 13.0. The van der Waals surface area contributed by atoms with Crippen molar-refractivity contribution in [3.05, 3.63) is 24.2 Å². The predicted molar refractivity (Wildman–Crippen MR) is 170 cm³/mol. The molecule has 16 nitrogen and oxygen atoms in total. The summed E-state index contributed by atoms with van der Waals surface area (Å²) in [5.74, 6) is -2.98. The van der Waals surface area contributed by atoms with Crippen LogP contribution in [0.2, 0.25) is 0 Å². The van der Waals surface area contributed by atoms with Gasteiger partial charge in [0.25, 0.3) is 8.18 Å². The van der Waals surface area contributed by atoms with Crippen LogP contribution in [0.25, 0.3) is 5.52 Å². The minimum atomic E-state index is -3.21. The molecule has 0 radical (unpaired) electrons. The second-order valence-corrected chi connectivity index (χ2v) is 13.4. The Balaban J connectivity index is 1.87. The number of anilines is 1. The molecule has 2 aromatic rings. The molecule has 0 bridgehead atoms. The summed E-state index contributed by atoms with van der Waals surface area (Å²) >= 11 is 0. The van der Waals surface area contributed by atoms with Crippen molar-refractivity contribution in [2.24, 2.45) is 23.5 Å². The fourth-order valence-electron chi connectivity index (χ4n) is 4.92. The van der Waals surface area contributed by atoms with Crippen LogP contribution in [-0.2, 0) is 42.4 Å². The number of carbonyl (C=O) groups is 3. The van der Waals surface area contributed by atoms with Crippen molar-refractivity contribution >= 4 is 37.4 Å². The number of esters is 3. The number of fused-ring (bicyclic) bond motifs is 1. The largest absolute Gasteiger partial charge is 0.464 e. The average Bonchev–Trinajstić information content (AvgIpc) is 3.48. The summed E-state index contributed by atoms with van der Waals surface area (Å²) in [6, 6.07) is 4.25. The molecule has 1 saturated carbocycles. The summed E-state index contributed by atoms with van der Waals surface area (Å²) in [7, 11) is -2.04. The normalized spacial score (nSPS) is 20.5. The molecule has 0 spiro atoms. The second kappa shape index (κ2) is 17.0. The van der Waals surface area contributed by atoms with Gasteiger partial charge in [0.05, 0.1) is 24.1 Å². The number of nitrogens with zero attached hydrogens (tertiary/aromatic N) is 4. The SMILES string of the molecule is CO[C@](C#N)(CO[PH](=O)N[C@@H](C)C(=O)OC[C@H]1CC[C@H](N)CC1)[C@@H](OC(=O)C(C)C)[C@@H](OC(=O)C(C)C)c1ccc2c(N)ncnn12. The van der Waals surface area contributed by atoms with Gasteiger partial charge in [-0.25, -0.2) is 14.6 Å². The summed E-state index contributed by atoms with van der Waals surface area (Å²) in [4.78, 5) is 42.6. The molecule has 1 aliphatic carbocycles. The number of nitrogen functional groups attached to an aromatic ring is 1. The first-order chi connectivity index (χ1) is 22.2. The number of nitriles is 1. The van der Waals surface area contributed by atoms with E-state index < -0.39 is 68.4 Å². The molecular formula is C30H46N7O9P. The molecule has 1 aliphatic rings. The van der Waals surface area contributed by atoms with Crippen LogP contribution in [-0.4, -0.2) is 76.6 Å². The number of hydrogen-bond donors (Lipinski definition) is 3. The Morgan fingerprint density at radius 2 is 1.72 bits per heavy atom. The lowest BCUT2D eigenvalue weighted by molar-refractivity contribution is -0.197. The standard InChI is InChI=1S/C30H46N7O9P/c1-17(2)27(38)45-24(22-11-12-23-26(33)34-16-35-37(22)23)25(46-28(39)18(3)4)30(14-31,42-6)15-44-47(41)36-19(5)29(40)43-13-20-7-9-21(32)10-8-20/h11-12,16-21,24-25,47H,7-10,13,15,32H2,1-6H3,(H,36,41)(H2,33,34,35)/t19-,20-,21-,24-,25-,30+/m0/s1. The topological polar surface area (TPSA) is 232 Å². The van der Waals surface area contributed by atoms with E-state index in [9.17, 15) is 24.2 Å². The fourth-order valence-corrected chi connectivity index (χ4v) is 5.82. The van der Waals surface area contributed by atoms with Crippen LogP contribution < -0.4 is 16.6 Å². The van der Waals surface area contributed by atoms with Gasteiger partial charge >= 0.3 is 17.9 Å². The van der Waals surface area contributed by atoms with Crippen molar-refractivity contribution in [2.45, 2.75) is 90.2 Å².